The third-order valence-corrected chi connectivity index (χ3v) is 2.46. The summed E-state index contributed by atoms with van der Waals surface area (Å²) >= 11 is 0. The monoisotopic (exact) mass is 242 g/mol. The Morgan fingerprint density at radius 1 is 1.17 bits per heavy atom. The Labute approximate surface area is 105 Å². The van der Waals surface area contributed by atoms with Gasteiger partial charge in [-0.3, -0.25) is 0 Å². The SMILES string of the molecule is Cc1cc(C)cc(Nc2cccc(C(=O)O)n2)c1. The summed E-state index contributed by atoms with van der Waals surface area (Å²) in [6.07, 6.45) is 0. The van der Waals surface area contributed by atoms with Crippen molar-refractivity contribution in [3.8, 4) is 0 Å². The van der Waals surface area contributed by atoms with E-state index in [1.807, 2.05) is 26.0 Å². The number of carbonyl (C=O) groups is 1. The van der Waals surface area contributed by atoms with E-state index >= 15 is 0 Å². The Morgan fingerprint density at radius 2 is 1.83 bits per heavy atom. The lowest BCUT2D eigenvalue weighted by Gasteiger charge is -2.08. The molecule has 0 aliphatic carbocycles. The van der Waals surface area contributed by atoms with Crippen molar-refractivity contribution < 1.29 is 9.90 Å². The average molecular weight is 242 g/mol. The summed E-state index contributed by atoms with van der Waals surface area (Å²) in [5, 5.41) is 12.0. The van der Waals surface area contributed by atoms with Crippen molar-refractivity contribution in [2.75, 3.05) is 5.32 Å². The number of anilines is 2. The third kappa shape index (κ3) is 2.85. The van der Waals surface area contributed by atoms with Crippen molar-refractivity contribution in [1.29, 1.82) is 0 Å². The zero-order chi connectivity index (χ0) is 13.1. The van der Waals surface area contributed by atoms with E-state index < -0.39 is 5.97 Å². The number of aromatic carboxylic acids is 1. The van der Waals surface area contributed by atoms with Crippen LogP contribution < -0.4 is 5.32 Å². The van der Waals surface area contributed by atoms with Gasteiger partial charge in [-0.25, -0.2) is 9.78 Å². The molecule has 2 rings (SSSR count). The topological polar surface area (TPSA) is 62.2 Å². The third-order valence-electron chi connectivity index (χ3n) is 2.46. The first-order valence-corrected chi connectivity index (χ1v) is 5.60. The second kappa shape index (κ2) is 4.87. The minimum absolute atomic E-state index is 0.0318. The number of nitrogens with one attached hydrogen (secondary N) is 1. The van der Waals surface area contributed by atoms with Crippen LogP contribution in [0.15, 0.2) is 36.4 Å². The highest BCUT2D eigenvalue weighted by molar-refractivity contribution is 5.85. The van der Waals surface area contributed by atoms with E-state index in [9.17, 15) is 4.79 Å². The summed E-state index contributed by atoms with van der Waals surface area (Å²) in [6, 6.07) is 10.9. The summed E-state index contributed by atoms with van der Waals surface area (Å²) in [6.45, 7) is 4.03. The fourth-order valence-corrected chi connectivity index (χ4v) is 1.82. The van der Waals surface area contributed by atoms with Crippen LogP contribution in [0.25, 0.3) is 0 Å². The van der Waals surface area contributed by atoms with Crippen LogP contribution in [-0.2, 0) is 0 Å². The van der Waals surface area contributed by atoms with Gasteiger partial charge in [0.25, 0.3) is 0 Å². The summed E-state index contributed by atoms with van der Waals surface area (Å²) in [5.41, 5.74) is 3.23. The van der Waals surface area contributed by atoms with Gasteiger partial charge in [-0.2, -0.15) is 0 Å². The van der Waals surface area contributed by atoms with Gasteiger partial charge in [0, 0.05) is 5.69 Å². The quantitative estimate of drug-likeness (QED) is 0.868. The molecule has 18 heavy (non-hydrogen) atoms. The van der Waals surface area contributed by atoms with Crippen LogP contribution in [-0.4, -0.2) is 16.1 Å². The molecule has 0 saturated heterocycles. The summed E-state index contributed by atoms with van der Waals surface area (Å²) in [7, 11) is 0. The lowest BCUT2D eigenvalue weighted by molar-refractivity contribution is 0.0690. The molecule has 4 heteroatoms. The second-order valence-electron chi connectivity index (χ2n) is 4.21. The molecular weight excluding hydrogens is 228 g/mol. The van der Waals surface area contributed by atoms with E-state index in [-0.39, 0.29) is 5.69 Å². The molecule has 0 saturated carbocycles. The highest BCUT2D eigenvalue weighted by atomic mass is 16.4. The van der Waals surface area contributed by atoms with Gasteiger partial charge < -0.3 is 10.4 Å². The number of carboxylic acids is 1. The molecule has 0 bridgehead atoms. The second-order valence-corrected chi connectivity index (χ2v) is 4.21. The van der Waals surface area contributed by atoms with Crippen LogP contribution in [0, 0.1) is 13.8 Å². The van der Waals surface area contributed by atoms with Crippen molar-refractivity contribution in [2.45, 2.75) is 13.8 Å². The predicted octanol–water partition coefficient (Wildman–Crippen LogP) is 3.14. The molecular formula is C14H14N2O2. The van der Waals surface area contributed by atoms with Gasteiger partial charge in [-0.1, -0.05) is 12.1 Å². The Hall–Kier alpha value is -2.36. The molecule has 1 heterocycles. The van der Waals surface area contributed by atoms with Crippen molar-refractivity contribution in [3.63, 3.8) is 0 Å². The van der Waals surface area contributed by atoms with Crippen LogP contribution in [0.3, 0.4) is 0 Å². The molecule has 0 amide bonds. The van der Waals surface area contributed by atoms with Crippen LogP contribution in [0.5, 0.6) is 0 Å². The molecule has 0 fully saturated rings. The molecule has 1 aromatic heterocycles. The molecule has 0 aliphatic heterocycles. The van der Waals surface area contributed by atoms with Crippen LogP contribution in [0.1, 0.15) is 21.6 Å². The molecule has 2 N–H and O–H groups in total. The van der Waals surface area contributed by atoms with Gasteiger partial charge in [0.2, 0.25) is 0 Å². The number of aryl methyl sites for hydroxylation is 2. The number of pyridine rings is 1. The molecule has 0 spiro atoms. The first-order valence-electron chi connectivity index (χ1n) is 5.60. The number of aromatic nitrogens is 1. The summed E-state index contributed by atoms with van der Waals surface area (Å²) in [5.74, 6) is -0.501. The fourth-order valence-electron chi connectivity index (χ4n) is 1.82. The number of benzene rings is 1. The van der Waals surface area contributed by atoms with E-state index in [1.54, 1.807) is 12.1 Å². The highest BCUT2D eigenvalue weighted by Crippen LogP contribution is 2.18. The van der Waals surface area contributed by atoms with Crippen molar-refractivity contribution >= 4 is 17.5 Å². The van der Waals surface area contributed by atoms with Crippen LogP contribution >= 0.6 is 0 Å². The number of hydrogen-bond donors (Lipinski definition) is 2. The van der Waals surface area contributed by atoms with E-state index in [1.165, 1.54) is 6.07 Å². The molecule has 2 aromatic rings. The lowest BCUT2D eigenvalue weighted by Crippen LogP contribution is -2.02. The Kier molecular flexibility index (Phi) is 3.28. The zero-order valence-electron chi connectivity index (χ0n) is 10.3. The van der Waals surface area contributed by atoms with Gasteiger partial charge >= 0.3 is 5.97 Å². The minimum Gasteiger partial charge on any atom is -0.477 e. The van der Waals surface area contributed by atoms with Crippen LogP contribution in [0.2, 0.25) is 0 Å². The van der Waals surface area contributed by atoms with Gasteiger partial charge in [-0.05, 0) is 49.2 Å². The summed E-state index contributed by atoms with van der Waals surface area (Å²) < 4.78 is 0. The maximum Gasteiger partial charge on any atom is 0.354 e. The minimum atomic E-state index is -1.03. The van der Waals surface area contributed by atoms with Gasteiger partial charge in [0.1, 0.15) is 5.82 Å². The standard InChI is InChI=1S/C14H14N2O2/c1-9-6-10(2)8-11(7-9)15-13-5-3-4-12(16-13)14(17)18/h3-8H,1-2H3,(H,15,16)(H,17,18). The number of nitrogens with zero attached hydrogens (tertiary/aromatic N) is 1. The first kappa shape index (κ1) is 12.1. The average Bonchev–Trinajstić information content (AvgIpc) is 2.27. The molecule has 0 unspecified atom stereocenters. The number of hydrogen-bond acceptors (Lipinski definition) is 3. The van der Waals surface area contributed by atoms with Crippen molar-refractivity contribution in [1.82, 2.24) is 4.98 Å². The Balaban J connectivity index is 2.28. The number of rotatable bonds is 3. The molecule has 0 aliphatic rings. The maximum atomic E-state index is 10.8. The van der Waals surface area contributed by atoms with Gasteiger partial charge in [-0.15, -0.1) is 0 Å². The Morgan fingerprint density at radius 3 is 2.44 bits per heavy atom. The predicted molar refractivity (Wildman–Crippen MR) is 70.4 cm³/mol. The van der Waals surface area contributed by atoms with E-state index in [0.29, 0.717) is 5.82 Å². The van der Waals surface area contributed by atoms with Gasteiger partial charge in [0.05, 0.1) is 0 Å². The number of carboxylic acid groups (broad SMARTS) is 1. The molecule has 92 valence electrons. The summed E-state index contributed by atoms with van der Waals surface area (Å²) in [4.78, 5) is 14.8. The molecule has 1 aromatic carbocycles. The fraction of sp³-hybridized carbons (Fsp3) is 0.143. The molecule has 0 radical (unpaired) electrons. The smallest absolute Gasteiger partial charge is 0.354 e. The van der Waals surface area contributed by atoms with E-state index in [4.69, 9.17) is 5.11 Å². The normalized spacial score (nSPS) is 10.1. The Bertz CT molecular complexity index is 574. The highest BCUT2D eigenvalue weighted by Gasteiger charge is 2.05. The van der Waals surface area contributed by atoms with Crippen molar-refractivity contribution in [2.24, 2.45) is 0 Å². The van der Waals surface area contributed by atoms with Crippen molar-refractivity contribution in [3.05, 3.63) is 53.2 Å². The largest absolute Gasteiger partial charge is 0.477 e. The lowest BCUT2D eigenvalue weighted by atomic mass is 10.1. The van der Waals surface area contributed by atoms with E-state index in [2.05, 4.69) is 16.4 Å². The molecule has 4 nitrogen and oxygen atoms in total. The van der Waals surface area contributed by atoms with Gasteiger partial charge in [0.15, 0.2) is 5.69 Å². The molecule has 0 atom stereocenters. The van der Waals surface area contributed by atoms with E-state index in [0.717, 1.165) is 16.8 Å². The maximum absolute atomic E-state index is 10.8. The van der Waals surface area contributed by atoms with Crippen LogP contribution in [0.4, 0.5) is 11.5 Å². The first-order chi connectivity index (χ1) is 8.54. The zero-order valence-corrected chi connectivity index (χ0v) is 10.3.